The van der Waals surface area contributed by atoms with E-state index in [0.717, 1.165) is 5.57 Å². The van der Waals surface area contributed by atoms with Crippen molar-refractivity contribution < 1.29 is 9.90 Å². The fourth-order valence-corrected chi connectivity index (χ4v) is 1.20. The first-order valence-corrected chi connectivity index (χ1v) is 4.68. The van der Waals surface area contributed by atoms with Gasteiger partial charge in [0.05, 0.1) is 0 Å². The minimum Gasteiger partial charge on any atom is -0.477 e. The Morgan fingerprint density at radius 3 is 2.87 bits per heavy atom. The third-order valence-electron chi connectivity index (χ3n) is 1.86. The van der Waals surface area contributed by atoms with Crippen LogP contribution in [0.5, 0.6) is 0 Å². The highest BCUT2D eigenvalue weighted by atomic mass is 35.5. The number of carboxylic acids is 1. The fourth-order valence-electron chi connectivity index (χ4n) is 1.13. The maximum absolute atomic E-state index is 11.6. The average molecular weight is 228 g/mol. The van der Waals surface area contributed by atoms with E-state index in [1.807, 2.05) is 0 Å². The van der Waals surface area contributed by atoms with Crippen molar-refractivity contribution in [3.63, 3.8) is 0 Å². The second-order valence-electron chi connectivity index (χ2n) is 3.12. The summed E-state index contributed by atoms with van der Waals surface area (Å²) >= 11 is 5.46. The van der Waals surface area contributed by atoms with Crippen LogP contribution in [0.4, 0.5) is 0 Å². The number of hydrogen-bond donors (Lipinski definition) is 1. The van der Waals surface area contributed by atoms with Crippen molar-refractivity contribution in [3.05, 3.63) is 45.4 Å². The summed E-state index contributed by atoms with van der Waals surface area (Å²) in [6.07, 6.45) is 1.53. The summed E-state index contributed by atoms with van der Waals surface area (Å²) in [5.41, 5.74) is 1.38. The predicted molar refractivity (Wildman–Crippen MR) is 57.3 cm³/mol. The van der Waals surface area contributed by atoms with Gasteiger partial charge in [-0.05, 0) is 24.6 Å². The van der Waals surface area contributed by atoms with Gasteiger partial charge in [-0.1, -0.05) is 11.6 Å². The van der Waals surface area contributed by atoms with Crippen LogP contribution in [0.3, 0.4) is 0 Å². The van der Waals surface area contributed by atoms with Crippen molar-refractivity contribution in [1.29, 1.82) is 0 Å². The quantitative estimate of drug-likeness (QED) is 0.855. The molecule has 0 bridgehead atoms. The number of hydrogen-bond acceptors (Lipinski definition) is 2. The molecule has 0 radical (unpaired) electrons. The molecule has 4 nitrogen and oxygen atoms in total. The molecule has 0 amide bonds. The lowest BCUT2D eigenvalue weighted by molar-refractivity contribution is 0.0694. The molecule has 0 aliphatic carbocycles. The Hall–Kier alpha value is -1.55. The third kappa shape index (κ3) is 2.70. The van der Waals surface area contributed by atoms with Crippen LogP contribution in [-0.2, 0) is 6.54 Å². The molecule has 5 heteroatoms. The van der Waals surface area contributed by atoms with E-state index in [4.69, 9.17) is 16.7 Å². The number of halogens is 1. The summed E-state index contributed by atoms with van der Waals surface area (Å²) in [5, 5.41) is 8.73. The zero-order valence-electron chi connectivity index (χ0n) is 8.11. The minimum atomic E-state index is -1.22. The van der Waals surface area contributed by atoms with Crippen molar-refractivity contribution in [2.75, 3.05) is 0 Å². The van der Waals surface area contributed by atoms with Crippen LogP contribution in [0, 0.1) is 0 Å². The maximum atomic E-state index is 11.6. The van der Waals surface area contributed by atoms with Gasteiger partial charge in [0.1, 0.15) is 5.56 Å². The van der Waals surface area contributed by atoms with Crippen molar-refractivity contribution >= 4 is 17.6 Å². The monoisotopic (exact) mass is 227 g/mol. The highest BCUT2D eigenvalue weighted by molar-refractivity contribution is 6.25. The molecule has 15 heavy (non-hydrogen) atoms. The van der Waals surface area contributed by atoms with E-state index in [1.165, 1.54) is 28.4 Å². The van der Waals surface area contributed by atoms with Crippen molar-refractivity contribution in [3.8, 4) is 0 Å². The van der Waals surface area contributed by atoms with Gasteiger partial charge in [-0.3, -0.25) is 4.79 Å². The van der Waals surface area contributed by atoms with Gasteiger partial charge in [0.15, 0.2) is 0 Å². The second-order valence-corrected chi connectivity index (χ2v) is 3.33. The molecule has 0 aromatic carbocycles. The molecule has 1 N–H and O–H groups in total. The molecule has 1 rings (SSSR count). The van der Waals surface area contributed by atoms with Crippen LogP contribution in [0.1, 0.15) is 17.3 Å². The highest BCUT2D eigenvalue weighted by Gasteiger charge is 2.09. The molecule has 0 saturated heterocycles. The smallest absolute Gasteiger partial charge is 0.341 e. The molecule has 1 heterocycles. The number of carboxylic acid groups (broad SMARTS) is 1. The molecule has 80 valence electrons. The summed E-state index contributed by atoms with van der Waals surface area (Å²) < 4.78 is 1.30. The number of aromatic nitrogens is 1. The Kier molecular flexibility index (Phi) is 3.68. The normalized spacial score (nSPS) is 11.5. The number of nitrogens with zero attached hydrogens (tertiary/aromatic N) is 1. The Bertz CT molecular complexity index is 462. The Labute approximate surface area is 91.4 Å². The summed E-state index contributed by atoms with van der Waals surface area (Å²) in [5.74, 6) is -1.22. The van der Waals surface area contributed by atoms with E-state index in [0.29, 0.717) is 6.54 Å². The lowest BCUT2D eigenvalue weighted by atomic mass is 10.2. The molecule has 1 aromatic rings. The second kappa shape index (κ2) is 4.79. The van der Waals surface area contributed by atoms with Crippen molar-refractivity contribution in [2.45, 2.75) is 13.5 Å². The van der Waals surface area contributed by atoms with E-state index in [9.17, 15) is 9.59 Å². The summed E-state index contributed by atoms with van der Waals surface area (Å²) in [4.78, 5) is 22.2. The van der Waals surface area contributed by atoms with Gasteiger partial charge < -0.3 is 9.67 Å². The van der Waals surface area contributed by atoms with Crippen LogP contribution in [0.25, 0.3) is 0 Å². The first-order valence-electron chi connectivity index (χ1n) is 4.25. The number of carbonyl (C=O) groups is 1. The standard InChI is InChI=1S/C10H10ClNO3/c1-7(5-11)6-12-4-2-3-8(9(12)13)10(14)15/h2-5H,6H2,1H3,(H,14,15)/b7-5-. The lowest BCUT2D eigenvalue weighted by Crippen LogP contribution is -2.25. The zero-order chi connectivity index (χ0) is 11.4. The zero-order valence-corrected chi connectivity index (χ0v) is 8.86. The van der Waals surface area contributed by atoms with Gasteiger partial charge in [0.2, 0.25) is 0 Å². The number of aromatic carboxylic acids is 1. The van der Waals surface area contributed by atoms with Gasteiger partial charge in [-0.2, -0.15) is 0 Å². The van der Waals surface area contributed by atoms with E-state index in [1.54, 1.807) is 6.92 Å². The molecule has 0 atom stereocenters. The SMILES string of the molecule is C/C(=C/Cl)Cn1cccc(C(=O)O)c1=O. The predicted octanol–water partition coefficient (Wildman–Crippen LogP) is 1.69. The van der Waals surface area contributed by atoms with E-state index in [2.05, 4.69) is 0 Å². The third-order valence-corrected chi connectivity index (χ3v) is 2.23. The first kappa shape index (κ1) is 11.5. The molecule has 0 unspecified atom stereocenters. The fraction of sp³-hybridized carbons (Fsp3) is 0.200. The molecule has 1 aromatic heterocycles. The summed E-state index contributed by atoms with van der Waals surface area (Å²) in [6, 6.07) is 2.80. The number of allylic oxidation sites excluding steroid dienone is 1. The Morgan fingerprint density at radius 2 is 2.33 bits per heavy atom. The number of pyridine rings is 1. The van der Waals surface area contributed by atoms with Crippen LogP contribution in [0.2, 0.25) is 0 Å². The molecule has 0 saturated carbocycles. The molecule has 0 aliphatic rings. The van der Waals surface area contributed by atoms with Crippen LogP contribution < -0.4 is 5.56 Å². The highest BCUT2D eigenvalue weighted by Crippen LogP contribution is 1.99. The van der Waals surface area contributed by atoms with E-state index < -0.39 is 11.5 Å². The lowest BCUT2D eigenvalue weighted by Gasteiger charge is -2.05. The van der Waals surface area contributed by atoms with Gasteiger partial charge in [-0.15, -0.1) is 0 Å². The minimum absolute atomic E-state index is 0.236. The number of rotatable bonds is 3. The maximum Gasteiger partial charge on any atom is 0.341 e. The van der Waals surface area contributed by atoms with Crippen LogP contribution in [-0.4, -0.2) is 15.6 Å². The van der Waals surface area contributed by atoms with Crippen molar-refractivity contribution in [1.82, 2.24) is 4.57 Å². The van der Waals surface area contributed by atoms with Gasteiger partial charge >= 0.3 is 5.97 Å². The molecule has 0 spiro atoms. The topological polar surface area (TPSA) is 59.3 Å². The van der Waals surface area contributed by atoms with Gasteiger partial charge in [-0.25, -0.2) is 4.79 Å². The summed E-state index contributed by atoms with van der Waals surface area (Å²) in [7, 11) is 0. The Morgan fingerprint density at radius 1 is 1.67 bits per heavy atom. The molecule has 0 aliphatic heterocycles. The van der Waals surface area contributed by atoms with Crippen LogP contribution in [0.15, 0.2) is 34.2 Å². The van der Waals surface area contributed by atoms with E-state index in [-0.39, 0.29) is 5.56 Å². The largest absolute Gasteiger partial charge is 0.477 e. The van der Waals surface area contributed by atoms with Crippen LogP contribution >= 0.6 is 11.6 Å². The molecular weight excluding hydrogens is 218 g/mol. The Balaban J connectivity index is 3.16. The van der Waals surface area contributed by atoms with Gasteiger partial charge in [0, 0.05) is 18.3 Å². The van der Waals surface area contributed by atoms with Crippen molar-refractivity contribution in [2.24, 2.45) is 0 Å². The average Bonchev–Trinajstić information content (AvgIpc) is 2.20. The van der Waals surface area contributed by atoms with Gasteiger partial charge in [0.25, 0.3) is 5.56 Å². The molecule has 0 fully saturated rings. The first-order chi connectivity index (χ1) is 7.06. The summed E-state index contributed by atoms with van der Waals surface area (Å²) in [6.45, 7) is 2.05. The molecular formula is C10H10ClNO3. The van der Waals surface area contributed by atoms with E-state index >= 15 is 0 Å².